The summed E-state index contributed by atoms with van der Waals surface area (Å²) in [4.78, 5) is 25.9. The Morgan fingerprint density at radius 2 is 1.33 bits per heavy atom. The van der Waals surface area contributed by atoms with Crippen molar-refractivity contribution in [2.24, 2.45) is 0 Å². The maximum atomic E-state index is 12.5. The number of nitrogens with zero attached hydrogens (tertiary/aromatic N) is 3. The van der Waals surface area contributed by atoms with Crippen molar-refractivity contribution in [3.05, 3.63) is 84.9 Å². The van der Waals surface area contributed by atoms with E-state index >= 15 is 0 Å². The molecule has 1 aromatic heterocycles. The number of rotatable bonds is 9. The predicted molar refractivity (Wildman–Crippen MR) is 132 cm³/mol. The highest BCUT2D eigenvalue weighted by Gasteiger charge is 2.12. The minimum Gasteiger partial charge on any atom is -0.495 e. The van der Waals surface area contributed by atoms with Crippen molar-refractivity contribution in [1.82, 2.24) is 15.0 Å². The zero-order chi connectivity index (χ0) is 22.9. The lowest BCUT2D eigenvalue weighted by Crippen LogP contribution is -2.15. The molecular weight excluding hydrogens is 436 g/mol. The molecule has 33 heavy (non-hydrogen) atoms. The number of carbonyl (C=O) groups is 1. The topological polar surface area (TPSA) is 101 Å². The maximum Gasteiger partial charge on any atom is 0.234 e. The summed E-state index contributed by atoms with van der Waals surface area (Å²) in [5.74, 6) is 1.28. The second-order valence-corrected chi connectivity index (χ2v) is 7.73. The highest BCUT2D eigenvalue weighted by Crippen LogP contribution is 2.25. The van der Waals surface area contributed by atoms with Gasteiger partial charge in [-0.1, -0.05) is 60.3 Å². The summed E-state index contributed by atoms with van der Waals surface area (Å²) in [6.07, 6.45) is 0. The Morgan fingerprint density at radius 1 is 0.788 bits per heavy atom. The van der Waals surface area contributed by atoms with Crippen LogP contribution >= 0.6 is 11.8 Å². The molecule has 166 valence electrons. The van der Waals surface area contributed by atoms with Crippen LogP contribution in [-0.4, -0.2) is 33.7 Å². The molecule has 0 bridgehead atoms. The second kappa shape index (κ2) is 11.0. The highest BCUT2D eigenvalue weighted by atomic mass is 32.2. The molecular formula is C24H22N6O2S. The van der Waals surface area contributed by atoms with E-state index in [4.69, 9.17) is 4.74 Å². The highest BCUT2D eigenvalue weighted by molar-refractivity contribution is 7.99. The van der Waals surface area contributed by atoms with Crippen molar-refractivity contribution in [3.8, 4) is 5.75 Å². The first-order valence-corrected chi connectivity index (χ1v) is 11.1. The fraction of sp³-hybridized carbons (Fsp3) is 0.0833. The molecule has 0 atom stereocenters. The van der Waals surface area contributed by atoms with Crippen LogP contribution in [0.15, 0.2) is 90.1 Å². The molecule has 0 unspecified atom stereocenters. The van der Waals surface area contributed by atoms with E-state index < -0.39 is 0 Å². The van der Waals surface area contributed by atoms with Crippen molar-refractivity contribution >= 4 is 46.6 Å². The van der Waals surface area contributed by atoms with Crippen molar-refractivity contribution < 1.29 is 9.53 Å². The monoisotopic (exact) mass is 458 g/mol. The van der Waals surface area contributed by atoms with Crippen LogP contribution in [0.2, 0.25) is 0 Å². The van der Waals surface area contributed by atoms with Crippen molar-refractivity contribution in [3.63, 3.8) is 0 Å². The van der Waals surface area contributed by atoms with Gasteiger partial charge in [-0.3, -0.25) is 4.79 Å². The van der Waals surface area contributed by atoms with Gasteiger partial charge in [0, 0.05) is 11.4 Å². The third kappa shape index (κ3) is 6.44. The summed E-state index contributed by atoms with van der Waals surface area (Å²) in [5.41, 5.74) is 2.30. The van der Waals surface area contributed by atoms with Gasteiger partial charge in [0.2, 0.25) is 17.8 Å². The molecule has 0 aliphatic heterocycles. The lowest BCUT2D eigenvalue weighted by Gasteiger charge is -2.11. The van der Waals surface area contributed by atoms with Gasteiger partial charge in [-0.15, -0.1) is 0 Å². The van der Waals surface area contributed by atoms with Crippen LogP contribution in [0, 0.1) is 0 Å². The standard InChI is InChI=1S/C24H22N6O2S/c1-32-20-15-9-8-14-19(20)27-21(31)16-33-24-29-22(25-17-10-4-2-5-11-17)28-23(30-24)26-18-12-6-3-7-13-18/h2-15H,16H2,1H3,(H,27,31)(H2,25,26,28,29,30). The number of amides is 1. The molecule has 0 fully saturated rings. The number of ether oxygens (including phenoxy) is 1. The molecule has 3 N–H and O–H groups in total. The van der Waals surface area contributed by atoms with E-state index in [2.05, 4.69) is 30.9 Å². The summed E-state index contributed by atoms with van der Waals surface area (Å²) in [7, 11) is 1.56. The van der Waals surface area contributed by atoms with Gasteiger partial charge in [-0.05, 0) is 36.4 Å². The van der Waals surface area contributed by atoms with Gasteiger partial charge in [0.1, 0.15) is 5.75 Å². The SMILES string of the molecule is COc1ccccc1NC(=O)CSc1nc(Nc2ccccc2)nc(Nc2ccccc2)n1. The van der Waals surface area contributed by atoms with E-state index in [-0.39, 0.29) is 11.7 Å². The van der Waals surface area contributed by atoms with E-state index in [1.807, 2.05) is 72.8 Å². The molecule has 0 saturated heterocycles. The molecule has 9 heteroatoms. The Labute approximate surface area is 195 Å². The Kier molecular flexibility index (Phi) is 7.34. The number of nitrogens with one attached hydrogen (secondary N) is 3. The van der Waals surface area contributed by atoms with E-state index in [0.29, 0.717) is 28.5 Å². The lowest BCUT2D eigenvalue weighted by atomic mass is 10.3. The van der Waals surface area contributed by atoms with Crippen molar-refractivity contribution in [1.29, 1.82) is 0 Å². The van der Waals surface area contributed by atoms with Crippen LogP contribution in [0.3, 0.4) is 0 Å². The number of hydrogen-bond donors (Lipinski definition) is 3. The summed E-state index contributed by atoms with van der Waals surface area (Å²) in [5, 5.41) is 9.63. The van der Waals surface area contributed by atoms with Gasteiger partial charge in [0.25, 0.3) is 0 Å². The molecule has 4 rings (SSSR count). The Balaban J connectivity index is 1.50. The summed E-state index contributed by atoms with van der Waals surface area (Å²) in [6, 6.07) is 26.5. The third-order valence-corrected chi connectivity index (χ3v) is 5.24. The number of aromatic nitrogens is 3. The predicted octanol–water partition coefficient (Wildman–Crippen LogP) is 5.10. The number of methoxy groups -OCH3 is 1. The number of para-hydroxylation sites is 4. The van der Waals surface area contributed by atoms with Crippen LogP contribution in [-0.2, 0) is 4.79 Å². The molecule has 8 nitrogen and oxygen atoms in total. The first kappa shape index (κ1) is 22.1. The summed E-state index contributed by atoms with van der Waals surface area (Å²) >= 11 is 1.22. The molecule has 0 spiro atoms. The molecule has 1 amide bonds. The van der Waals surface area contributed by atoms with Gasteiger partial charge in [-0.2, -0.15) is 15.0 Å². The van der Waals surface area contributed by atoms with Crippen LogP contribution in [0.5, 0.6) is 5.75 Å². The van der Waals surface area contributed by atoms with Crippen LogP contribution in [0.25, 0.3) is 0 Å². The number of thioether (sulfide) groups is 1. The van der Waals surface area contributed by atoms with Gasteiger partial charge in [0.05, 0.1) is 18.6 Å². The molecule has 3 aromatic carbocycles. The summed E-state index contributed by atoms with van der Waals surface area (Å²) in [6.45, 7) is 0. The Bertz CT molecular complexity index is 1150. The average molecular weight is 459 g/mol. The van der Waals surface area contributed by atoms with Gasteiger partial charge >= 0.3 is 0 Å². The molecule has 0 saturated carbocycles. The van der Waals surface area contributed by atoms with Crippen LogP contribution < -0.4 is 20.7 Å². The first-order valence-electron chi connectivity index (χ1n) is 10.2. The number of carbonyl (C=O) groups excluding carboxylic acids is 1. The number of benzene rings is 3. The normalized spacial score (nSPS) is 10.3. The minimum atomic E-state index is -0.194. The van der Waals surface area contributed by atoms with Crippen LogP contribution in [0.4, 0.5) is 29.0 Å². The molecule has 0 aliphatic rings. The van der Waals surface area contributed by atoms with Crippen molar-refractivity contribution in [2.45, 2.75) is 5.16 Å². The zero-order valence-electron chi connectivity index (χ0n) is 17.9. The van der Waals surface area contributed by atoms with E-state index in [1.165, 1.54) is 11.8 Å². The Hall–Kier alpha value is -4.11. The largest absolute Gasteiger partial charge is 0.495 e. The maximum absolute atomic E-state index is 12.5. The van der Waals surface area contributed by atoms with E-state index in [9.17, 15) is 4.79 Å². The lowest BCUT2D eigenvalue weighted by molar-refractivity contribution is -0.113. The third-order valence-electron chi connectivity index (χ3n) is 4.39. The fourth-order valence-corrected chi connectivity index (χ4v) is 3.53. The minimum absolute atomic E-state index is 0.123. The van der Waals surface area contributed by atoms with E-state index in [0.717, 1.165) is 11.4 Å². The molecule has 0 aliphatic carbocycles. The molecule has 0 radical (unpaired) electrons. The zero-order valence-corrected chi connectivity index (χ0v) is 18.7. The van der Waals surface area contributed by atoms with Gasteiger partial charge in [-0.25, -0.2) is 0 Å². The first-order chi connectivity index (χ1) is 16.2. The Morgan fingerprint density at radius 3 is 1.91 bits per heavy atom. The second-order valence-electron chi connectivity index (χ2n) is 6.78. The smallest absolute Gasteiger partial charge is 0.234 e. The van der Waals surface area contributed by atoms with E-state index in [1.54, 1.807) is 19.2 Å². The number of hydrogen-bond acceptors (Lipinski definition) is 8. The van der Waals surface area contributed by atoms with Crippen LogP contribution in [0.1, 0.15) is 0 Å². The summed E-state index contributed by atoms with van der Waals surface area (Å²) < 4.78 is 5.28. The van der Waals surface area contributed by atoms with Gasteiger partial charge in [0.15, 0.2) is 5.16 Å². The molecule has 1 heterocycles. The van der Waals surface area contributed by atoms with Crippen molar-refractivity contribution in [2.75, 3.05) is 28.8 Å². The quantitative estimate of drug-likeness (QED) is 0.298. The van der Waals surface area contributed by atoms with Gasteiger partial charge < -0.3 is 20.7 Å². The number of anilines is 5. The average Bonchev–Trinajstić information content (AvgIpc) is 2.84. The fourth-order valence-electron chi connectivity index (χ4n) is 2.90. The molecule has 4 aromatic rings.